The van der Waals surface area contributed by atoms with E-state index < -0.39 is 12.1 Å². The Hall–Kier alpha value is -3.88. The third kappa shape index (κ3) is 4.44. The molecule has 1 fully saturated rings. The molecule has 5 N–H and O–H groups in total. The molecule has 0 atom stereocenters. The molecule has 1 aliphatic heterocycles. The number of hydrogen-bond donors (Lipinski definition) is 4. The average Bonchev–Trinajstić information content (AvgIpc) is 2.99. The fourth-order valence-electron chi connectivity index (χ4n) is 2.79. The van der Waals surface area contributed by atoms with Crippen molar-refractivity contribution in [3.8, 4) is 0 Å². The lowest BCUT2D eigenvalue weighted by atomic mass is 10.1. The lowest BCUT2D eigenvalue weighted by molar-refractivity contribution is -0.125. The number of carbonyl (C=O) groups is 4. The molecule has 0 bridgehead atoms. The van der Waals surface area contributed by atoms with Crippen LogP contribution in [-0.2, 0) is 17.9 Å². The highest BCUT2D eigenvalue weighted by atomic mass is 16.2. The molecule has 0 unspecified atom stereocenters. The van der Waals surface area contributed by atoms with E-state index in [9.17, 15) is 19.2 Å². The van der Waals surface area contributed by atoms with Gasteiger partial charge in [-0.15, -0.1) is 0 Å². The van der Waals surface area contributed by atoms with Crippen LogP contribution in [0.2, 0.25) is 0 Å². The highest BCUT2D eigenvalue weighted by molar-refractivity contribution is 6.02. The molecule has 6 amide bonds. The Balaban J connectivity index is 1.65. The largest absolute Gasteiger partial charge is 0.351 e. The summed E-state index contributed by atoms with van der Waals surface area (Å²) in [6, 6.07) is 12.6. The van der Waals surface area contributed by atoms with Gasteiger partial charge in [0.25, 0.3) is 5.91 Å². The maximum absolute atomic E-state index is 12.6. The van der Waals surface area contributed by atoms with E-state index in [2.05, 4.69) is 16.0 Å². The molecular formula is C19H19N5O4. The summed E-state index contributed by atoms with van der Waals surface area (Å²) < 4.78 is 0. The van der Waals surface area contributed by atoms with E-state index in [1.807, 2.05) is 0 Å². The quantitative estimate of drug-likeness (QED) is 0.559. The molecular weight excluding hydrogens is 362 g/mol. The number of nitrogens with one attached hydrogen (secondary N) is 3. The number of rotatable bonds is 6. The van der Waals surface area contributed by atoms with E-state index in [0.717, 1.165) is 10.5 Å². The van der Waals surface area contributed by atoms with Crippen LogP contribution in [-0.4, -0.2) is 35.3 Å². The van der Waals surface area contributed by atoms with Crippen LogP contribution in [0.5, 0.6) is 0 Å². The van der Waals surface area contributed by atoms with Crippen LogP contribution in [0.15, 0.2) is 48.5 Å². The van der Waals surface area contributed by atoms with Gasteiger partial charge in [-0.3, -0.25) is 14.5 Å². The zero-order valence-corrected chi connectivity index (χ0v) is 14.9. The Bertz CT molecular complexity index is 910. The number of urea groups is 2. The molecule has 2 aromatic rings. The van der Waals surface area contributed by atoms with Crippen LogP contribution in [0.3, 0.4) is 0 Å². The van der Waals surface area contributed by atoms with Crippen molar-refractivity contribution in [1.82, 2.24) is 15.5 Å². The summed E-state index contributed by atoms with van der Waals surface area (Å²) in [7, 11) is 0. The number of primary amides is 1. The average molecular weight is 381 g/mol. The van der Waals surface area contributed by atoms with Gasteiger partial charge in [-0.05, 0) is 29.3 Å². The van der Waals surface area contributed by atoms with Crippen molar-refractivity contribution in [1.29, 1.82) is 0 Å². The zero-order chi connectivity index (χ0) is 20.1. The van der Waals surface area contributed by atoms with Crippen molar-refractivity contribution in [2.24, 2.45) is 5.73 Å². The van der Waals surface area contributed by atoms with Crippen molar-refractivity contribution < 1.29 is 19.2 Å². The van der Waals surface area contributed by atoms with Gasteiger partial charge in [-0.1, -0.05) is 30.3 Å². The van der Waals surface area contributed by atoms with Crippen LogP contribution in [0.1, 0.15) is 21.5 Å². The van der Waals surface area contributed by atoms with E-state index in [1.54, 1.807) is 48.5 Å². The van der Waals surface area contributed by atoms with Gasteiger partial charge in [-0.25, -0.2) is 9.59 Å². The number of hydrogen-bond acceptors (Lipinski definition) is 4. The van der Waals surface area contributed by atoms with Crippen LogP contribution < -0.4 is 21.7 Å². The summed E-state index contributed by atoms with van der Waals surface area (Å²) in [5.41, 5.74) is 7.41. The van der Waals surface area contributed by atoms with E-state index in [1.165, 1.54) is 0 Å². The zero-order valence-electron chi connectivity index (χ0n) is 14.9. The molecule has 28 heavy (non-hydrogen) atoms. The van der Waals surface area contributed by atoms with Crippen LogP contribution in [0.4, 0.5) is 15.3 Å². The Labute approximate surface area is 160 Å². The van der Waals surface area contributed by atoms with E-state index in [4.69, 9.17) is 5.73 Å². The molecule has 0 aromatic heterocycles. The first kappa shape index (κ1) is 18.9. The maximum atomic E-state index is 12.6. The summed E-state index contributed by atoms with van der Waals surface area (Å²) in [4.78, 5) is 48.0. The summed E-state index contributed by atoms with van der Waals surface area (Å²) in [5.74, 6) is -0.646. The van der Waals surface area contributed by atoms with Gasteiger partial charge in [-0.2, -0.15) is 0 Å². The minimum Gasteiger partial charge on any atom is -0.351 e. The number of amides is 6. The van der Waals surface area contributed by atoms with Crippen LogP contribution in [0.25, 0.3) is 0 Å². The van der Waals surface area contributed by atoms with Crippen molar-refractivity contribution in [2.75, 3.05) is 11.9 Å². The first-order chi connectivity index (χ1) is 13.4. The fraction of sp³-hybridized carbons (Fsp3) is 0.158. The summed E-state index contributed by atoms with van der Waals surface area (Å²) in [6.07, 6.45) is 0. The molecule has 0 spiro atoms. The predicted molar refractivity (Wildman–Crippen MR) is 101 cm³/mol. The summed E-state index contributed by atoms with van der Waals surface area (Å²) >= 11 is 0. The first-order valence-electron chi connectivity index (χ1n) is 8.54. The minimum atomic E-state index is -0.650. The standard InChI is InChI=1S/C19H19N5O4/c20-18(27)23-14-7-5-12(6-8-14)9-21-17(26)15-4-2-1-3-13(15)11-24-16(25)10-22-19(24)28/h1-8H,9-11H2,(H,21,26)(H,22,28)(H3,20,23,27). The summed E-state index contributed by atoms with van der Waals surface area (Å²) in [6.45, 7) is 0.267. The Morgan fingerprint density at radius 3 is 2.43 bits per heavy atom. The molecule has 1 saturated heterocycles. The van der Waals surface area contributed by atoms with Crippen LogP contribution >= 0.6 is 0 Å². The molecule has 9 heteroatoms. The third-order valence-corrected chi connectivity index (χ3v) is 4.20. The second-order valence-corrected chi connectivity index (χ2v) is 6.16. The fourth-order valence-corrected chi connectivity index (χ4v) is 2.79. The number of anilines is 1. The lowest BCUT2D eigenvalue weighted by Gasteiger charge is -2.15. The second kappa shape index (κ2) is 8.21. The summed E-state index contributed by atoms with van der Waals surface area (Å²) in [5, 5.41) is 7.72. The maximum Gasteiger partial charge on any atom is 0.324 e. The molecule has 2 aromatic carbocycles. The minimum absolute atomic E-state index is 0.0295. The molecule has 0 saturated carbocycles. The number of benzene rings is 2. The molecule has 1 aliphatic rings. The van der Waals surface area contributed by atoms with Gasteiger partial charge >= 0.3 is 12.1 Å². The molecule has 1 heterocycles. The number of carbonyl (C=O) groups excluding carboxylic acids is 4. The van der Waals surface area contributed by atoms with E-state index in [0.29, 0.717) is 16.8 Å². The monoisotopic (exact) mass is 381 g/mol. The van der Waals surface area contributed by atoms with Crippen molar-refractivity contribution in [3.63, 3.8) is 0 Å². The highest BCUT2D eigenvalue weighted by Gasteiger charge is 2.29. The molecule has 3 rings (SSSR count). The molecule has 0 aliphatic carbocycles. The predicted octanol–water partition coefficient (Wildman–Crippen LogP) is 1.16. The van der Waals surface area contributed by atoms with Gasteiger partial charge in [0.1, 0.15) is 0 Å². The van der Waals surface area contributed by atoms with Crippen molar-refractivity contribution in [2.45, 2.75) is 13.1 Å². The molecule has 9 nitrogen and oxygen atoms in total. The second-order valence-electron chi connectivity index (χ2n) is 6.16. The Morgan fingerprint density at radius 1 is 1.07 bits per heavy atom. The van der Waals surface area contributed by atoms with Gasteiger partial charge in [0.05, 0.1) is 13.1 Å². The molecule has 144 valence electrons. The lowest BCUT2D eigenvalue weighted by Crippen LogP contribution is -2.32. The van der Waals surface area contributed by atoms with Gasteiger partial charge in [0, 0.05) is 17.8 Å². The molecule has 0 radical (unpaired) electrons. The SMILES string of the molecule is NC(=O)Nc1ccc(CNC(=O)c2ccccc2CN2C(=O)CNC2=O)cc1. The van der Waals surface area contributed by atoms with Crippen LogP contribution in [0, 0.1) is 0 Å². The van der Waals surface area contributed by atoms with Gasteiger partial charge in [0.2, 0.25) is 5.91 Å². The Kier molecular flexibility index (Phi) is 5.54. The topological polar surface area (TPSA) is 134 Å². The normalized spacial score (nSPS) is 13.2. The van der Waals surface area contributed by atoms with E-state index in [-0.39, 0.29) is 31.4 Å². The van der Waals surface area contributed by atoms with Crippen molar-refractivity contribution >= 4 is 29.6 Å². The number of nitrogens with two attached hydrogens (primary N) is 1. The number of nitrogens with zero attached hydrogens (tertiary/aromatic N) is 1. The first-order valence-corrected chi connectivity index (χ1v) is 8.54. The smallest absolute Gasteiger partial charge is 0.324 e. The van der Waals surface area contributed by atoms with Crippen molar-refractivity contribution in [3.05, 3.63) is 65.2 Å². The Morgan fingerprint density at radius 2 is 1.79 bits per heavy atom. The third-order valence-electron chi connectivity index (χ3n) is 4.20. The van der Waals surface area contributed by atoms with Gasteiger partial charge < -0.3 is 21.7 Å². The highest BCUT2D eigenvalue weighted by Crippen LogP contribution is 2.15. The van der Waals surface area contributed by atoms with E-state index >= 15 is 0 Å². The van der Waals surface area contributed by atoms with Gasteiger partial charge in [0.15, 0.2) is 0 Å². The number of imide groups is 1.